The van der Waals surface area contributed by atoms with Gasteiger partial charge in [0, 0.05) is 29.9 Å². The molecule has 0 amide bonds. The van der Waals surface area contributed by atoms with E-state index >= 15 is 0 Å². The van der Waals surface area contributed by atoms with Crippen LogP contribution in [0.5, 0.6) is 0 Å². The van der Waals surface area contributed by atoms with Gasteiger partial charge in [0.05, 0.1) is 0 Å². The number of carbonyl (C=O) groups is 2. The molecule has 0 aliphatic carbocycles. The number of benzene rings is 2. The highest BCUT2D eigenvalue weighted by molar-refractivity contribution is 6.38. The van der Waals surface area contributed by atoms with E-state index in [2.05, 4.69) is 0 Å². The Labute approximate surface area is 142 Å². The summed E-state index contributed by atoms with van der Waals surface area (Å²) < 4.78 is 14.9. The summed E-state index contributed by atoms with van der Waals surface area (Å²) in [6.45, 7) is 0.506. The van der Waals surface area contributed by atoms with Crippen molar-refractivity contribution in [2.75, 3.05) is 0 Å². The molecule has 6 heteroatoms. The van der Waals surface area contributed by atoms with E-state index in [0.717, 1.165) is 16.5 Å². The number of nitrogens with zero attached hydrogens (tertiary/aromatic N) is 1. The molecule has 1 aromatic heterocycles. The SMILES string of the molecule is O=C(O)C(=O)C=C(O)c1ccc2ccn(Cc3ccc(F)cc3)c2c1. The van der Waals surface area contributed by atoms with Crippen molar-refractivity contribution in [1.29, 1.82) is 0 Å². The summed E-state index contributed by atoms with van der Waals surface area (Å²) in [5.41, 5.74) is 2.04. The summed E-state index contributed by atoms with van der Waals surface area (Å²) in [6.07, 6.45) is 2.54. The van der Waals surface area contributed by atoms with E-state index in [9.17, 15) is 19.1 Å². The Kier molecular flexibility index (Phi) is 4.35. The van der Waals surface area contributed by atoms with Gasteiger partial charge >= 0.3 is 5.97 Å². The van der Waals surface area contributed by atoms with Gasteiger partial charge in [0.2, 0.25) is 0 Å². The van der Waals surface area contributed by atoms with Crippen LogP contribution in [0.15, 0.2) is 60.8 Å². The second kappa shape index (κ2) is 6.60. The van der Waals surface area contributed by atoms with Crippen molar-refractivity contribution in [2.24, 2.45) is 0 Å². The minimum atomic E-state index is -1.63. The number of rotatable bonds is 5. The summed E-state index contributed by atoms with van der Waals surface area (Å²) in [6, 6.07) is 13.1. The first-order chi connectivity index (χ1) is 11.9. The van der Waals surface area contributed by atoms with Crippen LogP contribution in [0.1, 0.15) is 11.1 Å². The second-order valence-corrected chi connectivity index (χ2v) is 5.54. The Morgan fingerprint density at radius 2 is 1.76 bits per heavy atom. The molecule has 5 nitrogen and oxygen atoms in total. The normalized spacial score (nSPS) is 11.6. The van der Waals surface area contributed by atoms with Crippen molar-refractivity contribution < 1.29 is 24.2 Å². The number of carboxylic acids is 1. The van der Waals surface area contributed by atoms with Crippen LogP contribution < -0.4 is 0 Å². The van der Waals surface area contributed by atoms with Crippen molar-refractivity contribution in [3.63, 3.8) is 0 Å². The molecular formula is C19H14FNO4. The van der Waals surface area contributed by atoms with Gasteiger partial charge in [0.1, 0.15) is 11.6 Å². The van der Waals surface area contributed by atoms with Crippen LogP contribution in [0, 0.1) is 5.82 Å². The van der Waals surface area contributed by atoms with Gasteiger partial charge in [0.15, 0.2) is 0 Å². The fraction of sp³-hybridized carbons (Fsp3) is 0.0526. The standard InChI is InChI=1S/C19H14FNO4/c20-15-5-1-12(2-6-15)11-21-8-7-13-3-4-14(9-16(13)21)17(22)10-18(23)19(24)25/h1-10,22H,11H2,(H,24,25). The van der Waals surface area contributed by atoms with E-state index in [0.29, 0.717) is 18.2 Å². The highest BCUT2D eigenvalue weighted by Gasteiger charge is 2.11. The predicted octanol–water partition coefficient (Wildman–Crippen LogP) is 3.38. The Morgan fingerprint density at radius 1 is 1.04 bits per heavy atom. The lowest BCUT2D eigenvalue weighted by molar-refractivity contribution is -0.146. The Balaban J connectivity index is 1.95. The molecule has 126 valence electrons. The predicted molar refractivity (Wildman–Crippen MR) is 90.7 cm³/mol. The molecule has 0 saturated heterocycles. The second-order valence-electron chi connectivity index (χ2n) is 5.54. The Bertz CT molecular complexity index is 986. The lowest BCUT2D eigenvalue weighted by Crippen LogP contribution is -2.09. The fourth-order valence-corrected chi connectivity index (χ4v) is 2.54. The maximum absolute atomic E-state index is 13.0. The van der Waals surface area contributed by atoms with Crippen molar-refractivity contribution in [3.8, 4) is 0 Å². The number of halogens is 1. The van der Waals surface area contributed by atoms with Gasteiger partial charge in [-0.25, -0.2) is 9.18 Å². The van der Waals surface area contributed by atoms with Gasteiger partial charge in [-0.05, 0) is 35.2 Å². The highest BCUT2D eigenvalue weighted by Crippen LogP contribution is 2.22. The maximum atomic E-state index is 13.0. The number of carboxylic acid groups (broad SMARTS) is 1. The third kappa shape index (κ3) is 3.58. The number of aliphatic hydroxyl groups excluding tert-OH is 1. The summed E-state index contributed by atoms with van der Waals surface area (Å²) in [7, 11) is 0. The molecule has 25 heavy (non-hydrogen) atoms. The average Bonchev–Trinajstić information content (AvgIpc) is 2.99. The minimum Gasteiger partial charge on any atom is -0.507 e. The van der Waals surface area contributed by atoms with Gasteiger partial charge in [-0.3, -0.25) is 4.79 Å². The summed E-state index contributed by atoms with van der Waals surface area (Å²) in [5, 5.41) is 19.5. The number of ketones is 1. The van der Waals surface area contributed by atoms with Crippen LogP contribution in [-0.2, 0) is 16.1 Å². The van der Waals surface area contributed by atoms with E-state index in [4.69, 9.17) is 5.11 Å². The largest absolute Gasteiger partial charge is 0.507 e. The molecule has 2 aromatic carbocycles. The molecule has 0 saturated carbocycles. The maximum Gasteiger partial charge on any atom is 0.376 e. The minimum absolute atomic E-state index is 0.304. The van der Waals surface area contributed by atoms with Crippen LogP contribution in [0.2, 0.25) is 0 Å². The third-order valence-corrected chi connectivity index (χ3v) is 3.81. The molecule has 0 aliphatic rings. The monoisotopic (exact) mass is 339 g/mol. The Morgan fingerprint density at radius 3 is 2.44 bits per heavy atom. The summed E-state index contributed by atoms with van der Waals surface area (Å²) in [5.74, 6) is -3.54. The quantitative estimate of drug-likeness (QED) is 0.424. The number of carbonyl (C=O) groups excluding carboxylic acids is 1. The first-order valence-corrected chi connectivity index (χ1v) is 7.45. The lowest BCUT2D eigenvalue weighted by Gasteiger charge is -2.07. The van der Waals surface area contributed by atoms with Crippen LogP contribution >= 0.6 is 0 Å². The zero-order valence-corrected chi connectivity index (χ0v) is 13.0. The molecule has 0 unspecified atom stereocenters. The molecule has 1 heterocycles. The van der Waals surface area contributed by atoms with E-state index < -0.39 is 17.5 Å². The molecule has 0 atom stereocenters. The number of fused-ring (bicyclic) bond motifs is 1. The molecule has 0 radical (unpaired) electrons. The van der Waals surface area contributed by atoms with E-state index in [1.54, 1.807) is 30.3 Å². The van der Waals surface area contributed by atoms with Crippen molar-refractivity contribution in [2.45, 2.75) is 6.54 Å². The third-order valence-electron chi connectivity index (χ3n) is 3.81. The number of aliphatic hydroxyl groups is 1. The van der Waals surface area contributed by atoms with Crippen molar-refractivity contribution >= 4 is 28.4 Å². The van der Waals surface area contributed by atoms with Crippen molar-refractivity contribution in [3.05, 3.63) is 77.7 Å². The van der Waals surface area contributed by atoms with E-state index in [1.165, 1.54) is 12.1 Å². The molecular weight excluding hydrogens is 325 g/mol. The first-order valence-electron chi connectivity index (χ1n) is 7.45. The zero-order valence-electron chi connectivity index (χ0n) is 13.0. The number of aromatic nitrogens is 1. The van der Waals surface area contributed by atoms with Gasteiger partial charge < -0.3 is 14.8 Å². The smallest absolute Gasteiger partial charge is 0.376 e. The van der Waals surface area contributed by atoms with Gasteiger partial charge in [-0.1, -0.05) is 24.3 Å². The Hall–Kier alpha value is -3.41. The molecule has 3 aromatic rings. The molecule has 0 aliphatic heterocycles. The zero-order chi connectivity index (χ0) is 18.0. The lowest BCUT2D eigenvalue weighted by atomic mass is 10.1. The number of hydrogen-bond donors (Lipinski definition) is 2. The molecule has 2 N–H and O–H groups in total. The van der Waals surface area contributed by atoms with Crippen molar-refractivity contribution in [1.82, 2.24) is 4.57 Å². The van der Waals surface area contributed by atoms with Gasteiger partial charge in [0.25, 0.3) is 5.78 Å². The molecule has 0 spiro atoms. The van der Waals surface area contributed by atoms with Crippen LogP contribution in [0.4, 0.5) is 4.39 Å². The topological polar surface area (TPSA) is 79.5 Å². The van der Waals surface area contributed by atoms with Crippen LogP contribution in [-0.4, -0.2) is 26.5 Å². The summed E-state index contributed by atoms with van der Waals surface area (Å²) in [4.78, 5) is 21.8. The average molecular weight is 339 g/mol. The van der Waals surface area contributed by atoms with Crippen LogP contribution in [0.25, 0.3) is 16.7 Å². The summed E-state index contributed by atoms with van der Waals surface area (Å²) >= 11 is 0. The van der Waals surface area contributed by atoms with E-state index in [1.807, 2.05) is 16.8 Å². The molecule has 3 rings (SSSR count). The van der Waals surface area contributed by atoms with Gasteiger partial charge in [-0.2, -0.15) is 0 Å². The van der Waals surface area contributed by atoms with E-state index in [-0.39, 0.29) is 5.82 Å². The fourth-order valence-electron chi connectivity index (χ4n) is 2.54. The highest BCUT2D eigenvalue weighted by atomic mass is 19.1. The number of aliphatic carboxylic acids is 1. The van der Waals surface area contributed by atoms with Crippen LogP contribution in [0.3, 0.4) is 0 Å². The van der Waals surface area contributed by atoms with Gasteiger partial charge in [-0.15, -0.1) is 0 Å². The molecule has 0 bridgehead atoms. The number of hydrogen-bond acceptors (Lipinski definition) is 3. The first kappa shape index (κ1) is 16.4. The molecule has 0 fully saturated rings.